The molecule has 1 aromatic rings. The summed E-state index contributed by atoms with van der Waals surface area (Å²) in [6, 6.07) is 8.75. The highest BCUT2D eigenvalue weighted by molar-refractivity contribution is 6.43. The van der Waals surface area contributed by atoms with Gasteiger partial charge in [0.15, 0.2) is 5.76 Å². The molecule has 0 unspecified atom stereocenters. The summed E-state index contributed by atoms with van der Waals surface area (Å²) in [5.41, 5.74) is 2.72. The van der Waals surface area contributed by atoms with E-state index in [-0.39, 0.29) is 0 Å². The third kappa shape index (κ3) is 4.45. The largest absolute Gasteiger partial charge is 0.505 e. The monoisotopic (exact) mass is 278 g/mol. The second kappa shape index (κ2) is 7.57. The van der Waals surface area contributed by atoms with Crippen molar-refractivity contribution in [3.63, 3.8) is 0 Å². The molecule has 0 amide bonds. The number of hydrogen-bond acceptors (Lipinski definition) is 7. The van der Waals surface area contributed by atoms with Gasteiger partial charge in [0.2, 0.25) is 5.71 Å². The average molecular weight is 278 g/mol. The molecule has 7 nitrogen and oxygen atoms in total. The normalized spacial score (nSPS) is 11.7. The fraction of sp³-hybridized carbons (Fsp3) is 0.154. The number of carbonyl (C=O) groups excluding carboxylic acids is 2. The number of nitrogens with zero attached hydrogens (tertiary/aromatic N) is 1. The Morgan fingerprint density at radius 3 is 2.40 bits per heavy atom. The van der Waals surface area contributed by atoms with Gasteiger partial charge in [-0.2, -0.15) is 5.10 Å². The first kappa shape index (κ1) is 15.2. The van der Waals surface area contributed by atoms with Crippen LogP contribution in [0.15, 0.2) is 47.3 Å². The zero-order valence-electron chi connectivity index (χ0n) is 11.0. The van der Waals surface area contributed by atoms with Crippen molar-refractivity contribution in [2.45, 2.75) is 0 Å². The number of ether oxygens (including phenoxy) is 2. The summed E-state index contributed by atoms with van der Waals surface area (Å²) >= 11 is 0. The lowest BCUT2D eigenvalue weighted by Crippen LogP contribution is -2.20. The van der Waals surface area contributed by atoms with E-state index in [4.69, 9.17) is 0 Å². The first-order valence-electron chi connectivity index (χ1n) is 5.54. The van der Waals surface area contributed by atoms with Crippen LogP contribution >= 0.6 is 0 Å². The maximum atomic E-state index is 11.5. The Hall–Kier alpha value is -2.83. The number of rotatable bonds is 5. The summed E-state index contributed by atoms with van der Waals surface area (Å²) in [6.45, 7) is 0. The van der Waals surface area contributed by atoms with Gasteiger partial charge in [-0.25, -0.2) is 9.59 Å². The predicted molar refractivity (Wildman–Crippen MR) is 72.2 cm³/mol. The number of esters is 2. The Kier molecular flexibility index (Phi) is 5.76. The average Bonchev–Trinajstić information content (AvgIpc) is 2.47. The number of hydrogen-bond donors (Lipinski definition) is 2. The van der Waals surface area contributed by atoms with Crippen molar-refractivity contribution in [3.05, 3.63) is 42.2 Å². The molecule has 0 spiro atoms. The molecular formula is C13H14N2O5. The number of para-hydroxylation sites is 1. The van der Waals surface area contributed by atoms with Crippen LogP contribution in [0.25, 0.3) is 0 Å². The molecule has 0 saturated heterocycles. The summed E-state index contributed by atoms with van der Waals surface area (Å²) in [7, 11) is 2.27. The Balaban J connectivity index is 2.98. The molecule has 1 rings (SSSR count). The number of hydrazone groups is 1. The smallest absolute Gasteiger partial charge is 0.362 e. The Morgan fingerprint density at radius 2 is 1.85 bits per heavy atom. The van der Waals surface area contributed by atoms with Crippen LogP contribution in [0.1, 0.15) is 0 Å². The zero-order chi connectivity index (χ0) is 15.0. The molecule has 0 aromatic heterocycles. The molecule has 0 aliphatic rings. The summed E-state index contributed by atoms with van der Waals surface area (Å²) < 4.78 is 8.82. The van der Waals surface area contributed by atoms with Gasteiger partial charge in [0, 0.05) is 0 Å². The van der Waals surface area contributed by atoms with Crippen molar-refractivity contribution < 1.29 is 24.2 Å². The van der Waals surface area contributed by atoms with Crippen molar-refractivity contribution in [2.24, 2.45) is 5.10 Å². The minimum atomic E-state index is -0.897. The van der Waals surface area contributed by atoms with Gasteiger partial charge in [0.1, 0.15) is 0 Å². The summed E-state index contributed by atoms with van der Waals surface area (Å²) in [5.74, 6) is -2.38. The minimum Gasteiger partial charge on any atom is -0.505 e. The Morgan fingerprint density at radius 1 is 1.20 bits per heavy atom. The van der Waals surface area contributed by atoms with Gasteiger partial charge < -0.3 is 14.6 Å². The number of methoxy groups -OCH3 is 2. The number of nitrogens with one attached hydrogen (secondary N) is 1. The van der Waals surface area contributed by atoms with Crippen molar-refractivity contribution in [3.8, 4) is 0 Å². The van der Waals surface area contributed by atoms with E-state index >= 15 is 0 Å². The summed E-state index contributed by atoms with van der Waals surface area (Å²) in [5, 5.41) is 13.4. The standard InChI is InChI=1S/C13H14N2O5/c1-19-11(17)8-10(16)12(13(18)20-2)15-14-9-6-4-3-5-7-9/h3-8,14,16H,1-2H3/b10-8?,15-12+. The highest BCUT2D eigenvalue weighted by Crippen LogP contribution is 2.06. The van der Waals surface area contributed by atoms with Crippen LogP contribution in [0.5, 0.6) is 0 Å². The first-order chi connectivity index (χ1) is 9.58. The van der Waals surface area contributed by atoms with E-state index in [1.807, 2.05) is 6.07 Å². The molecule has 0 bridgehead atoms. The van der Waals surface area contributed by atoms with Crippen LogP contribution in [0.2, 0.25) is 0 Å². The number of anilines is 1. The third-order valence-electron chi connectivity index (χ3n) is 2.15. The van der Waals surface area contributed by atoms with Crippen LogP contribution in [0.4, 0.5) is 5.69 Å². The van der Waals surface area contributed by atoms with Crippen molar-refractivity contribution in [2.75, 3.05) is 19.6 Å². The number of aliphatic hydroxyl groups excluding tert-OH is 1. The molecule has 2 N–H and O–H groups in total. The lowest BCUT2D eigenvalue weighted by Gasteiger charge is -2.05. The highest BCUT2D eigenvalue weighted by atomic mass is 16.5. The molecule has 0 heterocycles. The minimum absolute atomic E-state index is 0.443. The van der Waals surface area contributed by atoms with Crippen LogP contribution in [-0.2, 0) is 19.1 Å². The second-order valence-corrected chi connectivity index (χ2v) is 3.48. The van der Waals surface area contributed by atoms with Crippen LogP contribution in [0, 0.1) is 0 Å². The molecule has 106 valence electrons. The van der Waals surface area contributed by atoms with Gasteiger partial charge >= 0.3 is 11.9 Å². The molecule has 1 aromatic carbocycles. The Labute approximate surface area is 115 Å². The van der Waals surface area contributed by atoms with Crippen molar-refractivity contribution in [1.82, 2.24) is 0 Å². The SMILES string of the molecule is COC(=O)C=C(O)/C(=N\Nc1ccccc1)C(=O)OC. The third-order valence-corrected chi connectivity index (χ3v) is 2.15. The van der Waals surface area contributed by atoms with E-state index in [1.165, 1.54) is 0 Å². The molecule has 0 fully saturated rings. The summed E-state index contributed by atoms with van der Waals surface area (Å²) in [6.07, 6.45) is 0.725. The maximum Gasteiger partial charge on any atom is 0.362 e. The second-order valence-electron chi connectivity index (χ2n) is 3.48. The molecule has 0 aliphatic carbocycles. The number of aliphatic hydroxyl groups is 1. The lowest BCUT2D eigenvalue weighted by atomic mass is 10.3. The van der Waals surface area contributed by atoms with E-state index in [0.29, 0.717) is 5.69 Å². The van der Waals surface area contributed by atoms with Gasteiger partial charge in [0.05, 0.1) is 26.0 Å². The van der Waals surface area contributed by atoms with Gasteiger partial charge in [-0.1, -0.05) is 18.2 Å². The summed E-state index contributed by atoms with van der Waals surface area (Å²) in [4.78, 5) is 22.5. The van der Waals surface area contributed by atoms with Crippen molar-refractivity contribution in [1.29, 1.82) is 0 Å². The fourth-order valence-corrected chi connectivity index (χ4v) is 1.18. The van der Waals surface area contributed by atoms with Crippen LogP contribution in [0.3, 0.4) is 0 Å². The zero-order valence-corrected chi connectivity index (χ0v) is 11.0. The quantitative estimate of drug-likeness (QED) is 0.276. The number of benzene rings is 1. The fourth-order valence-electron chi connectivity index (χ4n) is 1.18. The Bertz CT molecular complexity index is 537. The van der Waals surface area contributed by atoms with Gasteiger partial charge in [-0.3, -0.25) is 5.43 Å². The van der Waals surface area contributed by atoms with E-state index in [1.54, 1.807) is 24.3 Å². The van der Waals surface area contributed by atoms with E-state index in [0.717, 1.165) is 20.3 Å². The van der Waals surface area contributed by atoms with Crippen LogP contribution in [-0.4, -0.2) is 37.0 Å². The van der Waals surface area contributed by atoms with Crippen LogP contribution < -0.4 is 5.43 Å². The maximum absolute atomic E-state index is 11.5. The molecule has 0 radical (unpaired) electrons. The topological polar surface area (TPSA) is 97.2 Å². The molecule has 0 aliphatic heterocycles. The molecule has 20 heavy (non-hydrogen) atoms. The van der Waals surface area contributed by atoms with E-state index in [9.17, 15) is 14.7 Å². The van der Waals surface area contributed by atoms with Crippen molar-refractivity contribution >= 4 is 23.3 Å². The molecule has 0 saturated carbocycles. The molecule has 0 atom stereocenters. The molecule has 7 heteroatoms. The van der Waals surface area contributed by atoms with Gasteiger partial charge in [-0.05, 0) is 12.1 Å². The lowest BCUT2D eigenvalue weighted by molar-refractivity contribution is -0.135. The van der Waals surface area contributed by atoms with Gasteiger partial charge in [0.25, 0.3) is 0 Å². The predicted octanol–water partition coefficient (Wildman–Crippen LogP) is 1.24. The van der Waals surface area contributed by atoms with E-state index in [2.05, 4.69) is 20.0 Å². The highest BCUT2D eigenvalue weighted by Gasteiger charge is 2.18. The number of carbonyl (C=O) groups is 2. The van der Waals surface area contributed by atoms with Gasteiger partial charge in [-0.15, -0.1) is 0 Å². The first-order valence-corrected chi connectivity index (χ1v) is 5.54. The molecular weight excluding hydrogens is 264 g/mol. The van der Waals surface area contributed by atoms with E-state index < -0.39 is 23.4 Å².